The fraction of sp³-hybridized carbons (Fsp3) is 0.471. The van der Waals surface area contributed by atoms with E-state index in [-0.39, 0.29) is 12.5 Å². The highest BCUT2D eigenvalue weighted by molar-refractivity contribution is 5.76. The van der Waals surface area contributed by atoms with E-state index in [1.165, 1.54) is 24.1 Å². The van der Waals surface area contributed by atoms with Gasteiger partial charge in [0.2, 0.25) is 5.91 Å². The van der Waals surface area contributed by atoms with Crippen molar-refractivity contribution in [1.29, 1.82) is 0 Å². The number of nitrogens with zero attached hydrogens (tertiary/aromatic N) is 6. The zero-order chi connectivity index (χ0) is 17.1. The van der Waals surface area contributed by atoms with Crippen molar-refractivity contribution in [2.75, 3.05) is 0 Å². The Kier molecular flexibility index (Phi) is 4.41. The van der Waals surface area contributed by atoms with Gasteiger partial charge in [-0.3, -0.25) is 4.79 Å². The molecule has 0 saturated heterocycles. The number of aromatic nitrogens is 6. The summed E-state index contributed by atoms with van der Waals surface area (Å²) in [5, 5.41) is 19.7. The van der Waals surface area contributed by atoms with E-state index in [1.807, 2.05) is 24.3 Å². The van der Waals surface area contributed by atoms with Gasteiger partial charge in [-0.05, 0) is 25.0 Å². The maximum Gasteiger partial charge on any atom is 0.243 e. The molecule has 0 atom stereocenters. The van der Waals surface area contributed by atoms with Crippen molar-refractivity contribution in [3.8, 4) is 0 Å². The Morgan fingerprint density at radius 2 is 1.84 bits per heavy atom. The number of carbonyl (C=O) groups excluding carboxylic acids is 1. The second-order valence-corrected chi connectivity index (χ2v) is 6.44. The topological polar surface area (TPSA) is 90.5 Å². The van der Waals surface area contributed by atoms with E-state index in [0.29, 0.717) is 12.6 Å². The van der Waals surface area contributed by atoms with Crippen LogP contribution in [-0.4, -0.2) is 35.7 Å². The SMILES string of the molecule is O=C(Cn1nc2ccccc2n1)NCc1nncn1C1CCCCC1. The fourth-order valence-electron chi connectivity index (χ4n) is 3.39. The van der Waals surface area contributed by atoms with E-state index in [4.69, 9.17) is 0 Å². The van der Waals surface area contributed by atoms with Crippen molar-refractivity contribution in [3.63, 3.8) is 0 Å². The number of benzene rings is 1. The molecule has 2 heterocycles. The van der Waals surface area contributed by atoms with E-state index < -0.39 is 0 Å². The molecule has 1 aliphatic rings. The van der Waals surface area contributed by atoms with Gasteiger partial charge in [-0.2, -0.15) is 15.0 Å². The van der Waals surface area contributed by atoms with Gasteiger partial charge in [-0.1, -0.05) is 31.4 Å². The Morgan fingerprint density at radius 3 is 2.56 bits per heavy atom. The molecular weight excluding hydrogens is 318 g/mol. The van der Waals surface area contributed by atoms with Crippen molar-refractivity contribution in [3.05, 3.63) is 36.4 Å². The number of amides is 1. The summed E-state index contributed by atoms with van der Waals surface area (Å²) in [6, 6.07) is 8.01. The molecule has 8 heteroatoms. The Labute approximate surface area is 145 Å². The van der Waals surface area contributed by atoms with Crippen LogP contribution in [0.4, 0.5) is 0 Å². The quantitative estimate of drug-likeness (QED) is 0.766. The molecule has 1 amide bonds. The van der Waals surface area contributed by atoms with Crippen LogP contribution in [0, 0.1) is 0 Å². The summed E-state index contributed by atoms with van der Waals surface area (Å²) in [6.07, 6.45) is 7.88. The Bertz CT molecular complexity index is 830. The van der Waals surface area contributed by atoms with Crippen molar-refractivity contribution in [2.24, 2.45) is 0 Å². The summed E-state index contributed by atoms with van der Waals surface area (Å²) < 4.78 is 2.11. The number of nitrogens with one attached hydrogen (secondary N) is 1. The van der Waals surface area contributed by atoms with Gasteiger partial charge in [-0.25, -0.2) is 0 Å². The first-order valence-electron chi connectivity index (χ1n) is 8.74. The molecular formula is C17H21N7O. The molecule has 1 aromatic carbocycles. The molecule has 1 fully saturated rings. The lowest BCUT2D eigenvalue weighted by atomic mass is 9.95. The third kappa shape index (κ3) is 3.52. The number of hydrogen-bond acceptors (Lipinski definition) is 5. The number of fused-ring (bicyclic) bond motifs is 1. The van der Waals surface area contributed by atoms with Gasteiger partial charge in [0.25, 0.3) is 0 Å². The highest BCUT2D eigenvalue weighted by atomic mass is 16.2. The molecule has 130 valence electrons. The van der Waals surface area contributed by atoms with Gasteiger partial charge in [-0.15, -0.1) is 10.2 Å². The lowest BCUT2D eigenvalue weighted by Crippen LogP contribution is -2.29. The molecule has 0 aliphatic heterocycles. The van der Waals surface area contributed by atoms with Crippen molar-refractivity contribution in [1.82, 2.24) is 35.1 Å². The highest BCUT2D eigenvalue weighted by Crippen LogP contribution is 2.28. The molecule has 4 rings (SSSR count). The van der Waals surface area contributed by atoms with Gasteiger partial charge in [0.15, 0.2) is 5.82 Å². The van der Waals surface area contributed by atoms with Gasteiger partial charge in [0, 0.05) is 6.04 Å². The van der Waals surface area contributed by atoms with Crippen LogP contribution in [-0.2, 0) is 17.9 Å². The fourth-order valence-corrected chi connectivity index (χ4v) is 3.39. The average molecular weight is 339 g/mol. The van der Waals surface area contributed by atoms with Gasteiger partial charge >= 0.3 is 0 Å². The predicted molar refractivity (Wildman–Crippen MR) is 91.5 cm³/mol. The smallest absolute Gasteiger partial charge is 0.243 e. The van der Waals surface area contributed by atoms with Crippen LogP contribution in [0.2, 0.25) is 0 Å². The van der Waals surface area contributed by atoms with Crippen molar-refractivity contribution < 1.29 is 4.79 Å². The maximum absolute atomic E-state index is 12.2. The molecule has 1 N–H and O–H groups in total. The summed E-state index contributed by atoms with van der Waals surface area (Å²) >= 11 is 0. The Hall–Kier alpha value is -2.77. The standard InChI is InChI=1S/C17H21N7O/c25-17(11-24-21-14-8-4-5-9-15(14)22-24)18-10-16-20-19-12-23(16)13-6-2-1-3-7-13/h4-5,8-9,12-13H,1-3,6-7,10-11H2,(H,18,25). The number of rotatable bonds is 5. The third-order valence-electron chi connectivity index (χ3n) is 4.67. The summed E-state index contributed by atoms with van der Waals surface area (Å²) in [5.74, 6) is 0.664. The molecule has 25 heavy (non-hydrogen) atoms. The largest absolute Gasteiger partial charge is 0.347 e. The summed E-state index contributed by atoms with van der Waals surface area (Å²) in [5.41, 5.74) is 1.57. The second kappa shape index (κ2) is 7.00. The van der Waals surface area contributed by atoms with Crippen LogP contribution in [0.15, 0.2) is 30.6 Å². The zero-order valence-electron chi connectivity index (χ0n) is 14.0. The van der Waals surface area contributed by atoms with Crippen molar-refractivity contribution in [2.45, 2.75) is 51.2 Å². The van der Waals surface area contributed by atoms with Gasteiger partial charge in [0.05, 0.1) is 6.54 Å². The first-order chi connectivity index (χ1) is 12.3. The summed E-state index contributed by atoms with van der Waals surface area (Å²) in [7, 11) is 0. The van der Waals surface area contributed by atoms with Gasteiger partial charge < -0.3 is 9.88 Å². The minimum absolute atomic E-state index is 0.0895. The van der Waals surface area contributed by atoms with Crippen LogP contribution >= 0.6 is 0 Å². The molecule has 0 spiro atoms. The molecule has 2 aromatic heterocycles. The highest BCUT2D eigenvalue weighted by Gasteiger charge is 2.18. The Morgan fingerprint density at radius 1 is 1.12 bits per heavy atom. The minimum Gasteiger partial charge on any atom is -0.347 e. The minimum atomic E-state index is -0.140. The average Bonchev–Trinajstić information content (AvgIpc) is 3.26. The molecule has 0 radical (unpaired) electrons. The Balaban J connectivity index is 1.36. The molecule has 1 saturated carbocycles. The normalized spacial score (nSPS) is 15.5. The summed E-state index contributed by atoms with van der Waals surface area (Å²) in [4.78, 5) is 13.6. The molecule has 0 unspecified atom stereocenters. The van der Waals surface area contributed by atoms with E-state index in [1.54, 1.807) is 6.33 Å². The van der Waals surface area contributed by atoms with Gasteiger partial charge in [0.1, 0.15) is 23.9 Å². The number of carbonyl (C=O) groups is 1. The molecule has 1 aliphatic carbocycles. The van der Waals surface area contributed by atoms with Crippen LogP contribution in [0.3, 0.4) is 0 Å². The second-order valence-electron chi connectivity index (χ2n) is 6.44. The van der Waals surface area contributed by atoms with E-state index >= 15 is 0 Å². The van der Waals surface area contributed by atoms with Crippen LogP contribution in [0.5, 0.6) is 0 Å². The maximum atomic E-state index is 12.2. The number of hydrogen-bond donors (Lipinski definition) is 1. The zero-order valence-corrected chi connectivity index (χ0v) is 14.0. The van der Waals surface area contributed by atoms with E-state index in [2.05, 4.69) is 30.3 Å². The summed E-state index contributed by atoms with van der Waals surface area (Å²) in [6.45, 7) is 0.461. The van der Waals surface area contributed by atoms with Crippen LogP contribution < -0.4 is 5.32 Å². The van der Waals surface area contributed by atoms with Crippen LogP contribution in [0.1, 0.15) is 44.0 Å². The molecule has 0 bridgehead atoms. The lowest BCUT2D eigenvalue weighted by molar-refractivity contribution is -0.122. The van der Waals surface area contributed by atoms with Crippen molar-refractivity contribution >= 4 is 16.9 Å². The predicted octanol–water partition coefficient (Wildman–Crippen LogP) is 1.84. The first kappa shape index (κ1) is 15.7. The van der Waals surface area contributed by atoms with E-state index in [9.17, 15) is 4.79 Å². The monoisotopic (exact) mass is 339 g/mol. The van der Waals surface area contributed by atoms with Crippen LogP contribution in [0.25, 0.3) is 11.0 Å². The van der Waals surface area contributed by atoms with E-state index in [0.717, 1.165) is 29.7 Å². The first-order valence-corrected chi connectivity index (χ1v) is 8.74. The third-order valence-corrected chi connectivity index (χ3v) is 4.67. The lowest BCUT2D eigenvalue weighted by Gasteiger charge is -2.24. The molecule has 8 nitrogen and oxygen atoms in total. The molecule has 3 aromatic rings.